The maximum absolute atomic E-state index is 13.7. The number of amides is 3. The number of benzene rings is 2. The lowest BCUT2D eigenvalue weighted by atomic mass is 9.93. The lowest BCUT2D eigenvalue weighted by Gasteiger charge is -2.30. The molecule has 50 heavy (non-hydrogen) atoms. The lowest BCUT2D eigenvalue weighted by molar-refractivity contribution is -0.125. The zero-order valence-corrected chi connectivity index (χ0v) is 30.5. The Hall–Kier alpha value is -4.33. The van der Waals surface area contributed by atoms with E-state index in [1.165, 1.54) is 11.3 Å². The maximum Gasteiger partial charge on any atom is 0.407 e. The van der Waals surface area contributed by atoms with Crippen molar-refractivity contribution in [2.75, 3.05) is 6.61 Å². The van der Waals surface area contributed by atoms with Crippen molar-refractivity contribution in [1.29, 1.82) is 0 Å². The Kier molecular flexibility index (Phi) is 15.2. The van der Waals surface area contributed by atoms with Gasteiger partial charge in [-0.05, 0) is 36.3 Å². The normalized spacial score (nSPS) is 13.7. The Balaban J connectivity index is 1.42. The number of ether oxygens (including phenoxy) is 2. The zero-order valence-electron chi connectivity index (χ0n) is 28.9. The number of nitrogens with one attached hydrogen (secondary N) is 3. The largest absolute Gasteiger partial charge is 0.449 e. The van der Waals surface area contributed by atoms with Gasteiger partial charge in [-0.15, -0.1) is 22.7 Å². The molecule has 0 spiro atoms. The fraction of sp³-hybridized carbons (Fsp3) is 0.432. The summed E-state index contributed by atoms with van der Waals surface area (Å²) in [5.74, 6) is -0.394. The molecule has 4 N–H and O–H groups in total. The van der Waals surface area contributed by atoms with Crippen molar-refractivity contribution in [1.82, 2.24) is 25.9 Å². The first-order valence-electron chi connectivity index (χ1n) is 16.8. The molecule has 0 radical (unpaired) electrons. The Bertz CT molecular complexity index is 1600. The van der Waals surface area contributed by atoms with E-state index < -0.39 is 42.3 Å². The van der Waals surface area contributed by atoms with Crippen molar-refractivity contribution < 1.29 is 29.0 Å². The SMILES string of the molecule is CC(C)c1nc(CCOC(=O)N[C@H](C(=O)NC(Cc2ccccc2)C(O)CC(Cc2ccccc2)NC(=O)OCc2cncs2)C(C)C)cs1. The minimum Gasteiger partial charge on any atom is -0.449 e. The number of alkyl carbamates (subject to hydrolysis) is 2. The third kappa shape index (κ3) is 12.8. The summed E-state index contributed by atoms with van der Waals surface area (Å²) in [6, 6.07) is 17.0. The maximum atomic E-state index is 13.7. The standard InChI is InChI=1S/C37H47N5O6S2/c1-24(2)33(42-37(46)47-16-15-28-22-49-35(39-28)25(3)4)34(44)41-31(18-27-13-9-6-10-14-27)32(43)19-29(17-26-11-7-5-8-12-26)40-36(45)48-21-30-20-38-23-50-30/h5-14,20,22-25,29,31-33,43H,15-19,21H2,1-4H3,(H,40,45)(H,41,44)(H,42,46)/t29?,31?,32?,33-/m0/s1. The molecular weight excluding hydrogens is 675 g/mol. The van der Waals surface area contributed by atoms with E-state index in [1.807, 2.05) is 79.9 Å². The van der Waals surface area contributed by atoms with Crippen molar-refractivity contribution in [2.45, 2.75) is 90.1 Å². The minimum atomic E-state index is -1.07. The van der Waals surface area contributed by atoms with Gasteiger partial charge in [-0.3, -0.25) is 9.78 Å². The Morgan fingerprint density at radius 2 is 1.50 bits per heavy atom. The van der Waals surface area contributed by atoms with Crippen molar-refractivity contribution in [3.63, 3.8) is 0 Å². The summed E-state index contributed by atoms with van der Waals surface area (Å²) >= 11 is 2.97. The third-order valence-corrected chi connectivity index (χ3v) is 9.92. The van der Waals surface area contributed by atoms with Crippen LogP contribution in [0.25, 0.3) is 0 Å². The van der Waals surface area contributed by atoms with E-state index in [-0.39, 0.29) is 25.6 Å². The molecule has 11 nitrogen and oxygen atoms in total. The van der Waals surface area contributed by atoms with E-state index in [4.69, 9.17) is 9.47 Å². The number of thiazole rings is 2. The van der Waals surface area contributed by atoms with E-state index in [0.29, 0.717) is 25.2 Å². The van der Waals surface area contributed by atoms with Crippen molar-refractivity contribution in [2.24, 2.45) is 5.92 Å². The topological polar surface area (TPSA) is 152 Å². The lowest BCUT2D eigenvalue weighted by Crippen LogP contribution is -2.56. The number of aliphatic hydroxyl groups is 1. The predicted octanol–water partition coefficient (Wildman–Crippen LogP) is 6.03. The van der Waals surface area contributed by atoms with Gasteiger partial charge in [0.05, 0.1) is 39.8 Å². The molecule has 2 heterocycles. The first kappa shape index (κ1) is 38.5. The number of carbonyl (C=O) groups is 3. The molecule has 0 fully saturated rings. The summed E-state index contributed by atoms with van der Waals surface area (Å²) in [5, 5.41) is 23.3. The number of carbonyl (C=O) groups excluding carboxylic acids is 3. The monoisotopic (exact) mass is 721 g/mol. The van der Waals surface area contributed by atoms with Crippen LogP contribution < -0.4 is 16.0 Å². The Morgan fingerprint density at radius 3 is 2.10 bits per heavy atom. The summed E-state index contributed by atoms with van der Waals surface area (Å²) in [7, 11) is 0. The molecule has 4 aromatic rings. The summed E-state index contributed by atoms with van der Waals surface area (Å²) in [4.78, 5) is 48.8. The first-order valence-corrected chi connectivity index (χ1v) is 18.6. The molecule has 0 aliphatic carbocycles. The molecule has 4 rings (SSSR count). The quantitative estimate of drug-likeness (QED) is 0.0973. The fourth-order valence-corrected chi connectivity index (χ4v) is 6.66. The molecule has 0 bridgehead atoms. The van der Waals surface area contributed by atoms with Crippen LogP contribution in [0.4, 0.5) is 9.59 Å². The third-order valence-electron chi connectivity index (χ3n) is 7.97. The highest BCUT2D eigenvalue weighted by Gasteiger charge is 2.31. The van der Waals surface area contributed by atoms with Crippen LogP contribution in [0.1, 0.15) is 66.7 Å². The van der Waals surface area contributed by atoms with Gasteiger partial charge < -0.3 is 30.5 Å². The number of aromatic nitrogens is 2. The molecule has 4 atom stereocenters. The van der Waals surface area contributed by atoms with Gasteiger partial charge in [-0.1, -0.05) is 88.4 Å². The number of aliphatic hydroxyl groups excluding tert-OH is 1. The van der Waals surface area contributed by atoms with Crippen LogP contribution in [-0.4, -0.2) is 64.0 Å². The van der Waals surface area contributed by atoms with Gasteiger partial charge in [0, 0.05) is 30.0 Å². The van der Waals surface area contributed by atoms with Gasteiger partial charge in [0.15, 0.2) is 0 Å². The molecule has 0 saturated carbocycles. The predicted molar refractivity (Wildman–Crippen MR) is 195 cm³/mol. The first-order chi connectivity index (χ1) is 24.1. The molecule has 0 saturated heterocycles. The van der Waals surface area contributed by atoms with Gasteiger partial charge in [0.1, 0.15) is 12.6 Å². The van der Waals surface area contributed by atoms with Gasteiger partial charge in [-0.2, -0.15) is 0 Å². The second kappa shape index (κ2) is 19.8. The average Bonchev–Trinajstić information content (AvgIpc) is 3.80. The molecule has 2 aromatic carbocycles. The van der Waals surface area contributed by atoms with Crippen LogP contribution in [0.2, 0.25) is 0 Å². The fourth-order valence-electron chi connectivity index (χ4n) is 5.28. The molecule has 268 valence electrons. The number of rotatable bonds is 18. The van der Waals surface area contributed by atoms with Gasteiger partial charge >= 0.3 is 12.2 Å². The molecule has 2 aromatic heterocycles. The Labute approximate surface area is 301 Å². The summed E-state index contributed by atoms with van der Waals surface area (Å²) in [6.45, 7) is 8.02. The molecule has 0 aliphatic heterocycles. The van der Waals surface area contributed by atoms with E-state index in [9.17, 15) is 19.5 Å². The van der Waals surface area contributed by atoms with Gasteiger partial charge in [0.2, 0.25) is 5.91 Å². The molecular formula is C37H47N5O6S2. The second-order valence-electron chi connectivity index (χ2n) is 12.8. The summed E-state index contributed by atoms with van der Waals surface area (Å²) in [5.41, 5.74) is 4.40. The van der Waals surface area contributed by atoms with E-state index in [2.05, 4.69) is 39.8 Å². The number of nitrogens with zero attached hydrogens (tertiary/aromatic N) is 2. The van der Waals surface area contributed by atoms with Crippen LogP contribution >= 0.6 is 22.7 Å². The van der Waals surface area contributed by atoms with Gasteiger partial charge in [-0.25, -0.2) is 14.6 Å². The van der Waals surface area contributed by atoms with E-state index in [1.54, 1.807) is 23.0 Å². The van der Waals surface area contributed by atoms with E-state index >= 15 is 0 Å². The number of hydrogen-bond donors (Lipinski definition) is 4. The average molecular weight is 722 g/mol. The number of hydrogen-bond acceptors (Lipinski definition) is 10. The molecule has 13 heteroatoms. The van der Waals surface area contributed by atoms with Crippen LogP contribution in [0, 0.1) is 5.92 Å². The Morgan fingerprint density at radius 1 is 0.840 bits per heavy atom. The van der Waals surface area contributed by atoms with Crippen LogP contribution in [0.5, 0.6) is 0 Å². The van der Waals surface area contributed by atoms with Crippen molar-refractivity contribution >= 4 is 40.8 Å². The summed E-state index contributed by atoms with van der Waals surface area (Å²) < 4.78 is 10.8. The van der Waals surface area contributed by atoms with Crippen LogP contribution in [0.3, 0.4) is 0 Å². The summed E-state index contributed by atoms with van der Waals surface area (Å²) in [6.07, 6.45) is 0.600. The minimum absolute atomic E-state index is 0.0831. The van der Waals surface area contributed by atoms with Crippen LogP contribution in [-0.2, 0) is 40.1 Å². The highest BCUT2D eigenvalue weighted by atomic mass is 32.1. The van der Waals surface area contributed by atoms with Crippen molar-refractivity contribution in [3.8, 4) is 0 Å². The van der Waals surface area contributed by atoms with Crippen molar-refractivity contribution in [3.05, 3.63) is 104 Å². The molecule has 0 aliphatic rings. The molecule has 3 amide bonds. The second-order valence-corrected chi connectivity index (χ2v) is 14.6. The zero-order chi connectivity index (χ0) is 35.9. The van der Waals surface area contributed by atoms with Gasteiger partial charge in [0.25, 0.3) is 0 Å². The molecule has 3 unspecified atom stereocenters. The smallest absolute Gasteiger partial charge is 0.407 e. The van der Waals surface area contributed by atoms with E-state index in [0.717, 1.165) is 26.7 Å². The highest BCUT2D eigenvalue weighted by Crippen LogP contribution is 2.20. The highest BCUT2D eigenvalue weighted by molar-refractivity contribution is 7.09. The van der Waals surface area contributed by atoms with Crippen LogP contribution in [0.15, 0.2) is 77.8 Å².